The highest BCUT2D eigenvalue weighted by atomic mass is 79.9. The fourth-order valence-electron chi connectivity index (χ4n) is 3.13. The van der Waals surface area contributed by atoms with Crippen LogP contribution in [-0.4, -0.2) is 25.3 Å². The molecule has 1 aliphatic heterocycles. The normalized spacial score (nSPS) is 15.0. The summed E-state index contributed by atoms with van der Waals surface area (Å²) in [5.41, 5.74) is 2.88. The maximum atomic E-state index is 12.4. The van der Waals surface area contributed by atoms with E-state index < -0.39 is 0 Å². The SMILES string of the molecule is O=Cc1ccc(N2CCC(C(=O)NCc3ccccc3Br)CC2)cc1. The minimum Gasteiger partial charge on any atom is -0.371 e. The molecule has 0 aliphatic carbocycles. The number of benzene rings is 2. The molecule has 0 unspecified atom stereocenters. The van der Waals surface area contributed by atoms with Gasteiger partial charge in [-0.25, -0.2) is 0 Å². The van der Waals surface area contributed by atoms with Crippen molar-refractivity contribution in [3.8, 4) is 0 Å². The zero-order valence-corrected chi connectivity index (χ0v) is 15.5. The Morgan fingerprint density at radius 3 is 2.44 bits per heavy atom. The molecule has 0 spiro atoms. The monoisotopic (exact) mass is 400 g/mol. The molecule has 1 aliphatic rings. The van der Waals surface area contributed by atoms with Crippen molar-refractivity contribution >= 4 is 33.8 Å². The Labute approximate surface area is 156 Å². The lowest BCUT2D eigenvalue weighted by Crippen LogP contribution is -2.40. The molecule has 3 rings (SSSR count). The van der Waals surface area contributed by atoms with Crippen LogP contribution in [-0.2, 0) is 11.3 Å². The van der Waals surface area contributed by atoms with Crippen LogP contribution in [0.5, 0.6) is 0 Å². The van der Waals surface area contributed by atoms with Crippen molar-refractivity contribution in [2.24, 2.45) is 5.92 Å². The molecule has 2 aromatic carbocycles. The summed E-state index contributed by atoms with van der Waals surface area (Å²) < 4.78 is 1.02. The lowest BCUT2D eigenvalue weighted by molar-refractivity contribution is -0.125. The van der Waals surface area contributed by atoms with Gasteiger partial charge in [-0.05, 0) is 48.7 Å². The zero-order chi connectivity index (χ0) is 17.6. The molecule has 0 saturated carbocycles. The molecule has 0 aromatic heterocycles. The van der Waals surface area contributed by atoms with E-state index in [1.54, 1.807) is 0 Å². The standard InChI is InChI=1S/C20H21BrN2O2/c21-19-4-2-1-3-17(19)13-22-20(25)16-9-11-23(12-10-16)18-7-5-15(14-24)6-8-18/h1-8,14,16H,9-13H2,(H,22,25). The lowest BCUT2D eigenvalue weighted by Gasteiger charge is -2.33. The highest BCUT2D eigenvalue weighted by Gasteiger charge is 2.25. The van der Waals surface area contributed by atoms with Crippen molar-refractivity contribution < 1.29 is 9.59 Å². The largest absolute Gasteiger partial charge is 0.371 e. The van der Waals surface area contributed by atoms with Gasteiger partial charge in [0.1, 0.15) is 6.29 Å². The topological polar surface area (TPSA) is 49.4 Å². The Balaban J connectivity index is 1.50. The van der Waals surface area contributed by atoms with Crippen LogP contribution < -0.4 is 10.2 Å². The number of carbonyl (C=O) groups excluding carboxylic acids is 2. The summed E-state index contributed by atoms with van der Waals surface area (Å²) in [4.78, 5) is 25.4. The molecule has 1 amide bonds. The summed E-state index contributed by atoms with van der Waals surface area (Å²) >= 11 is 3.51. The minimum atomic E-state index is 0.0630. The van der Waals surface area contributed by atoms with Gasteiger partial charge in [0.25, 0.3) is 0 Å². The van der Waals surface area contributed by atoms with Crippen molar-refractivity contribution in [3.63, 3.8) is 0 Å². The van der Waals surface area contributed by atoms with Gasteiger partial charge in [-0.1, -0.05) is 34.1 Å². The molecule has 4 nitrogen and oxygen atoms in total. The molecule has 2 aromatic rings. The third-order valence-electron chi connectivity index (χ3n) is 4.67. The van der Waals surface area contributed by atoms with E-state index in [1.165, 1.54) is 0 Å². The number of halogens is 1. The first-order valence-corrected chi connectivity index (χ1v) is 9.28. The fourth-order valence-corrected chi connectivity index (χ4v) is 3.56. The third-order valence-corrected chi connectivity index (χ3v) is 5.44. The summed E-state index contributed by atoms with van der Waals surface area (Å²) in [5.74, 6) is 0.194. The van der Waals surface area contributed by atoms with Gasteiger partial charge in [0, 0.05) is 41.3 Å². The van der Waals surface area contributed by atoms with E-state index in [9.17, 15) is 9.59 Å². The predicted octanol–water partition coefficient (Wildman–Crippen LogP) is 3.79. The zero-order valence-electron chi connectivity index (χ0n) is 14.0. The van der Waals surface area contributed by atoms with E-state index in [-0.39, 0.29) is 11.8 Å². The van der Waals surface area contributed by atoms with E-state index in [2.05, 4.69) is 26.1 Å². The molecule has 130 valence electrons. The molecular formula is C20H21BrN2O2. The predicted molar refractivity (Wildman–Crippen MR) is 103 cm³/mol. The first kappa shape index (κ1) is 17.7. The van der Waals surface area contributed by atoms with Crippen molar-refractivity contribution in [1.82, 2.24) is 5.32 Å². The van der Waals surface area contributed by atoms with Gasteiger partial charge >= 0.3 is 0 Å². The smallest absolute Gasteiger partial charge is 0.223 e. The molecule has 1 N–H and O–H groups in total. The summed E-state index contributed by atoms with van der Waals surface area (Å²) in [5, 5.41) is 3.05. The Hall–Kier alpha value is -2.14. The van der Waals surface area contributed by atoms with Crippen molar-refractivity contribution in [2.75, 3.05) is 18.0 Å². The van der Waals surface area contributed by atoms with Crippen molar-refractivity contribution in [1.29, 1.82) is 0 Å². The molecular weight excluding hydrogens is 380 g/mol. The van der Waals surface area contributed by atoms with E-state index in [0.717, 1.165) is 47.9 Å². The van der Waals surface area contributed by atoms with Crippen LogP contribution in [0.15, 0.2) is 53.0 Å². The number of nitrogens with zero attached hydrogens (tertiary/aromatic N) is 1. The number of amides is 1. The third kappa shape index (κ3) is 4.48. The molecule has 1 saturated heterocycles. The number of carbonyl (C=O) groups is 2. The second-order valence-electron chi connectivity index (χ2n) is 6.28. The maximum absolute atomic E-state index is 12.4. The molecule has 1 fully saturated rings. The average molecular weight is 401 g/mol. The number of hydrogen-bond donors (Lipinski definition) is 1. The van der Waals surface area contributed by atoms with Crippen LogP contribution >= 0.6 is 15.9 Å². The summed E-state index contributed by atoms with van der Waals surface area (Å²) in [6.45, 7) is 2.26. The van der Waals surface area contributed by atoms with Crippen LogP contribution in [0.3, 0.4) is 0 Å². The molecule has 25 heavy (non-hydrogen) atoms. The number of rotatable bonds is 5. The summed E-state index contributed by atoms with van der Waals surface area (Å²) in [6, 6.07) is 15.5. The van der Waals surface area contributed by atoms with Crippen LogP contribution in [0.2, 0.25) is 0 Å². The van der Waals surface area contributed by atoms with Crippen LogP contribution in [0.4, 0.5) is 5.69 Å². The van der Waals surface area contributed by atoms with E-state index >= 15 is 0 Å². The molecule has 0 radical (unpaired) electrons. The van der Waals surface area contributed by atoms with Crippen molar-refractivity contribution in [2.45, 2.75) is 19.4 Å². The highest BCUT2D eigenvalue weighted by molar-refractivity contribution is 9.10. The Bertz CT molecular complexity index is 738. The minimum absolute atomic E-state index is 0.0630. The average Bonchev–Trinajstić information content (AvgIpc) is 2.67. The van der Waals surface area contributed by atoms with Crippen LogP contribution in [0, 0.1) is 5.92 Å². The van der Waals surface area contributed by atoms with Crippen molar-refractivity contribution in [3.05, 3.63) is 64.1 Å². The second kappa shape index (κ2) is 8.30. The molecule has 0 bridgehead atoms. The van der Waals surface area contributed by atoms with Gasteiger partial charge in [0.05, 0.1) is 0 Å². The van der Waals surface area contributed by atoms with Gasteiger partial charge in [0.15, 0.2) is 0 Å². The molecule has 1 heterocycles. The highest BCUT2D eigenvalue weighted by Crippen LogP contribution is 2.24. The van der Waals surface area contributed by atoms with E-state index in [4.69, 9.17) is 0 Å². The Morgan fingerprint density at radius 1 is 1.12 bits per heavy atom. The number of anilines is 1. The summed E-state index contributed by atoms with van der Waals surface area (Å²) in [6.07, 6.45) is 2.54. The van der Waals surface area contributed by atoms with Crippen LogP contribution in [0.1, 0.15) is 28.8 Å². The second-order valence-corrected chi connectivity index (χ2v) is 7.13. The van der Waals surface area contributed by atoms with Crippen LogP contribution in [0.25, 0.3) is 0 Å². The Morgan fingerprint density at radius 2 is 1.80 bits per heavy atom. The maximum Gasteiger partial charge on any atom is 0.223 e. The molecule has 5 heteroatoms. The number of aldehydes is 1. The lowest BCUT2D eigenvalue weighted by atomic mass is 9.95. The van der Waals surface area contributed by atoms with Gasteiger partial charge in [0.2, 0.25) is 5.91 Å². The first-order valence-electron chi connectivity index (χ1n) is 8.48. The van der Waals surface area contributed by atoms with Gasteiger partial charge in [-0.2, -0.15) is 0 Å². The molecule has 0 atom stereocenters. The number of hydrogen-bond acceptors (Lipinski definition) is 3. The van der Waals surface area contributed by atoms with Gasteiger partial charge in [-0.3, -0.25) is 9.59 Å². The van der Waals surface area contributed by atoms with E-state index in [0.29, 0.717) is 12.1 Å². The van der Waals surface area contributed by atoms with E-state index in [1.807, 2.05) is 48.5 Å². The summed E-state index contributed by atoms with van der Waals surface area (Å²) in [7, 11) is 0. The van der Waals surface area contributed by atoms with Gasteiger partial charge < -0.3 is 10.2 Å². The Kier molecular flexibility index (Phi) is 5.87. The first-order chi connectivity index (χ1) is 12.2. The quantitative estimate of drug-likeness (QED) is 0.776. The fraction of sp³-hybridized carbons (Fsp3) is 0.300. The number of piperidine rings is 1. The number of nitrogens with one attached hydrogen (secondary N) is 1. The van der Waals surface area contributed by atoms with Gasteiger partial charge in [-0.15, -0.1) is 0 Å².